The third kappa shape index (κ3) is 2.67. The molecule has 0 saturated heterocycles. The molecule has 2 rings (SSSR count). The monoisotopic (exact) mass is 331 g/mol. The van der Waals surface area contributed by atoms with Gasteiger partial charge in [-0.3, -0.25) is 0 Å². The van der Waals surface area contributed by atoms with Crippen LogP contribution in [0.5, 0.6) is 0 Å². The van der Waals surface area contributed by atoms with E-state index in [2.05, 4.69) is 41.2 Å². The first-order valence-electron chi connectivity index (χ1n) is 6.44. The Labute approximate surface area is 122 Å². The van der Waals surface area contributed by atoms with Crippen molar-refractivity contribution in [1.82, 2.24) is 0 Å². The number of hydrogen-bond acceptors (Lipinski definition) is 3. The third-order valence-electron chi connectivity index (χ3n) is 4.35. The lowest BCUT2D eigenvalue weighted by Crippen LogP contribution is -2.47. The van der Waals surface area contributed by atoms with Crippen LogP contribution in [0, 0.1) is 5.41 Å². The number of rotatable bonds is 3. The van der Waals surface area contributed by atoms with Crippen LogP contribution in [0.15, 0.2) is 15.9 Å². The molecule has 2 N–H and O–H groups in total. The van der Waals surface area contributed by atoms with Gasteiger partial charge in [-0.2, -0.15) is 0 Å². The standard InChI is InChI=1S/C14H22BrNOS/c1-13(2)5-7-14(17-3,8-6-13)12(16)11-10(15)4-9-18-11/h4,9,12H,5-8,16H2,1-3H3. The van der Waals surface area contributed by atoms with Crippen molar-refractivity contribution in [2.24, 2.45) is 11.1 Å². The number of hydrogen-bond donors (Lipinski definition) is 1. The van der Waals surface area contributed by atoms with Gasteiger partial charge in [0.1, 0.15) is 0 Å². The van der Waals surface area contributed by atoms with Crippen LogP contribution >= 0.6 is 27.3 Å². The minimum atomic E-state index is -0.192. The van der Waals surface area contributed by atoms with Crippen molar-refractivity contribution in [3.05, 3.63) is 20.8 Å². The van der Waals surface area contributed by atoms with E-state index in [9.17, 15) is 0 Å². The summed E-state index contributed by atoms with van der Waals surface area (Å²) < 4.78 is 6.99. The van der Waals surface area contributed by atoms with Crippen LogP contribution in [-0.2, 0) is 4.74 Å². The van der Waals surface area contributed by atoms with Gasteiger partial charge < -0.3 is 10.5 Å². The fourth-order valence-corrected chi connectivity index (χ4v) is 4.49. The summed E-state index contributed by atoms with van der Waals surface area (Å²) >= 11 is 5.30. The second-order valence-electron chi connectivity index (χ2n) is 6.04. The van der Waals surface area contributed by atoms with Gasteiger partial charge in [-0.25, -0.2) is 0 Å². The minimum absolute atomic E-state index is 0.0343. The Morgan fingerprint density at radius 1 is 1.33 bits per heavy atom. The molecule has 0 aliphatic heterocycles. The third-order valence-corrected chi connectivity index (χ3v) is 6.30. The van der Waals surface area contributed by atoms with Gasteiger partial charge in [0.15, 0.2) is 0 Å². The summed E-state index contributed by atoms with van der Waals surface area (Å²) in [6, 6.07) is 2.03. The Bertz CT molecular complexity index is 406. The topological polar surface area (TPSA) is 35.2 Å². The van der Waals surface area contributed by atoms with Crippen molar-refractivity contribution in [2.75, 3.05) is 7.11 Å². The highest BCUT2D eigenvalue weighted by molar-refractivity contribution is 9.10. The summed E-state index contributed by atoms with van der Waals surface area (Å²) in [4.78, 5) is 1.21. The summed E-state index contributed by atoms with van der Waals surface area (Å²) in [5.74, 6) is 0. The molecule has 1 aliphatic carbocycles. The van der Waals surface area contributed by atoms with Crippen LogP contribution in [0.3, 0.4) is 0 Å². The Balaban J connectivity index is 2.21. The molecule has 0 amide bonds. The first-order chi connectivity index (χ1) is 8.40. The minimum Gasteiger partial charge on any atom is -0.376 e. The number of ether oxygens (including phenoxy) is 1. The number of nitrogens with two attached hydrogens (primary N) is 1. The molecule has 0 aromatic carbocycles. The highest BCUT2D eigenvalue weighted by Gasteiger charge is 2.44. The summed E-state index contributed by atoms with van der Waals surface area (Å²) in [6.45, 7) is 4.67. The van der Waals surface area contributed by atoms with Crippen molar-refractivity contribution in [3.63, 3.8) is 0 Å². The summed E-state index contributed by atoms with van der Waals surface area (Å²) in [5.41, 5.74) is 6.74. The maximum absolute atomic E-state index is 6.50. The number of halogens is 1. The van der Waals surface area contributed by atoms with E-state index in [4.69, 9.17) is 10.5 Å². The predicted octanol–water partition coefficient (Wildman–Crippen LogP) is 4.50. The van der Waals surface area contributed by atoms with Crippen molar-refractivity contribution in [2.45, 2.75) is 51.2 Å². The molecule has 1 aliphatic rings. The highest BCUT2D eigenvalue weighted by Crippen LogP contribution is 2.48. The zero-order valence-corrected chi connectivity index (χ0v) is 13.7. The van der Waals surface area contributed by atoms with Crippen LogP contribution in [0.1, 0.15) is 50.4 Å². The molecule has 102 valence electrons. The van der Waals surface area contributed by atoms with Crippen molar-refractivity contribution in [1.29, 1.82) is 0 Å². The van der Waals surface area contributed by atoms with Crippen LogP contribution in [0.25, 0.3) is 0 Å². The Morgan fingerprint density at radius 3 is 2.39 bits per heavy atom. The Kier molecular flexibility index (Phi) is 4.22. The largest absolute Gasteiger partial charge is 0.376 e. The van der Waals surface area contributed by atoms with Crippen LogP contribution < -0.4 is 5.73 Å². The number of thiophene rings is 1. The van der Waals surface area contributed by atoms with Gasteiger partial charge >= 0.3 is 0 Å². The molecular formula is C14H22BrNOS. The van der Waals surface area contributed by atoms with Gasteiger partial charge in [0.25, 0.3) is 0 Å². The van der Waals surface area contributed by atoms with Gasteiger partial charge in [-0.05, 0) is 58.5 Å². The van der Waals surface area contributed by atoms with Gasteiger partial charge in [0.2, 0.25) is 0 Å². The van der Waals surface area contributed by atoms with E-state index in [-0.39, 0.29) is 11.6 Å². The molecule has 0 spiro atoms. The molecule has 2 nitrogen and oxygen atoms in total. The average Bonchev–Trinajstić information content (AvgIpc) is 2.75. The molecule has 1 aromatic heterocycles. The second-order valence-corrected chi connectivity index (χ2v) is 7.85. The van der Waals surface area contributed by atoms with E-state index >= 15 is 0 Å². The fourth-order valence-electron chi connectivity index (χ4n) is 2.76. The molecule has 1 heterocycles. The van der Waals surface area contributed by atoms with E-state index in [1.165, 1.54) is 17.7 Å². The molecular weight excluding hydrogens is 310 g/mol. The highest BCUT2D eigenvalue weighted by atomic mass is 79.9. The van der Waals surface area contributed by atoms with Gasteiger partial charge in [-0.1, -0.05) is 13.8 Å². The maximum atomic E-state index is 6.50. The van der Waals surface area contributed by atoms with E-state index in [1.807, 2.05) is 0 Å². The van der Waals surface area contributed by atoms with Gasteiger partial charge in [-0.15, -0.1) is 11.3 Å². The Morgan fingerprint density at radius 2 is 1.94 bits per heavy atom. The Hall–Kier alpha value is 0.100. The molecule has 1 aromatic rings. The molecule has 1 saturated carbocycles. The molecule has 1 fully saturated rings. The lowest BCUT2D eigenvalue weighted by Gasteiger charge is -2.45. The van der Waals surface area contributed by atoms with Crippen molar-refractivity contribution >= 4 is 27.3 Å². The lowest BCUT2D eigenvalue weighted by atomic mass is 9.68. The molecule has 1 atom stereocenters. The van der Waals surface area contributed by atoms with E-state index < -0.39 is 0 Å². The lowest BCUT2D eigenvalue weighted by molar-refractivity contribution is -0.0788. The molecule has 0 bridgehead atoms. The molecule has 1 unspecified atom stereocenters. The second kappa shape index (κ2) is 5.23. The smallest absolute Gasteiger partial charge is 0.0879 e. The van der Waals surface area contributed by atoms with Gasteiger partial charge in [0, 0.05) is 16.5 Å². The number of methoxy groups -OCH3 is 1. The average molecular weight is 332 g/mol. The van der Waals surface area contributed by atoms with E-state index in [0.717, 1.165) is 17.3 Å². The molecule has 0 radical (unpaired) electrons. The van der Waals surface area contributed by atoms with Crippen molar-refractivity contribution < 1.29 is 4.74 Å². The quantitative estimate of drug-likeness (QED) is 0.885. The summed E-state index contributed by atoms with van der Waals surface area (Å²) in [7, 11) is 1.81. The fraction of sp³-hybridized carbons (Fsp3) is 0.714. The molecule has 18 heavy (non-hydrogen) atoms. The zero-order chi connectivity index (χ0) is 13.4. The SMILES string of the molecule is COC1(C(N)c2sccc2Br)CCC(C)(C)CC1. The van der Waals surface area contributed by atoms with E-state index in [1.54, 1.807) is 18.4 Å². The first-order valence-corrected chi connectivity index (χ1v) is 8.11. The van der Waals surface area contributed by atoms with Crippen molar-refractivity contribution in [3.8, 4) is 0 Å². The normalized spacial score (nSPS) is 23.8. The predicted molar refractivity (Wildman–Crippen MR) is 80.9 cm³/mol. The summed E-state index contributed by atoms with van der Waals surface area (Å²) in [5, 5.41) is 2.08. The summed E-state index contributed by atoms with van der Waals surface area (Å²) in [6.07, 6.45) is 4.44. The molecule has 4 heteroatoms. The van der Waals surface area contributed by atoms with Gasteiger partial charge in [0.05, 0.1) is 11.6 Å². The van der Waals surface area contributed by atoms with Crippen LogP contribution in [0.2, 0.25) is 0 Å². The van der Waals surface area contributed by atoms with Crippen LogP contribution in [0.4, 0.5) is 0 Å². The van der Waals surface area contributed by atoms with Crippen LogP contribution in [-0.4, -0.2) is 12.7 Å². The first kappa shape index (κ1) is 14.5. The van der Waals surface area contributed by atoms with E-state index in [0.29, 0.717) is 5.41 Å². The maximum Gasteiger partial charge on any atom is 0.0879 e. The zero-order valence-electron chi connectivity index (χ0n) is 11.3.